The Morgan fingerprint density at radius 3 is 2.70 bits per heavy atom. The van der Waals surface area contributed by atoms with Crippen LogP contribution in [0.3, 0.4) is 0 Å². The maximum absolute atomic E-state index is 12.7. The van der Waals surface area contributed by atoms with Gasteiger partial charge in [0.15, 0.2) is 11.0 Å². The molecule has 188 valence electrons. The van der Waals surface area contributed by atoms with E-state index in [4.69, 9.17) is 16.3 Å². The number of fused-ring (bicyclic) bond motifs is 1. The number of rotatable bonds is 9. The summed E-state index contributed by atoms with van der Waals surface area (Å²) in [6.45, 7) is 0.227. The molecule has 0 atom stereocenters. The first kappa shape index (κ1) is 25.3. The molecule has 10 heteroatoms. The van der Waals surface area contributed by atoms with Crippen LogP contribution in [0, 0.1) is 11.3 Å². The molecule has 0 radical (unpaired) electrons. The van der Waals surface area contributed by atoms with Crippen LogP contribution in [0.4, 0.5) is 5.00 Å². The second kappa shape index (κ2) is 11.8. The van der Waals surface area contributed by atoms with Crippen molar-refractivity contribution in [3.05, 3.63) is 81.4 Å². The maximum Gasteiger partial charge on any atom is 0.225 e. The summed E-state index contributed by atoms with van der Waals surface area (Å²) in [5, 5.41) is 23.3. The Morgan fingerprint density at radius 2 is 1.92 bits per heavy atom. The molecular formula is C27H24ClN5O2S2. The number of hydrogen-bond donors (Lipinski definition) is 1. The van der Waals surface area contributed by atoms with Crippen LogP contribution in [0.5, 0.6) is 5.75 Å². The number of nitrogens with one attached hydrogen (secondary N) is 1. The molecule has 0 spiro atoms. The summed E-state index contributed by atoms with van der Waals surface area (Å²) in [4.78, 5) is 14.0. The van der Waals surface area contributed by atoms with E-state index in [1.54, 1.807) is 23.5 Å². The van der Waals surface area contributed by atoms with Crippen molar-refractivity contribution in [1.82, 2.24) is 14.8 Å². The van der Waals surface area contributed by atoms with Crippen LogP contribution >= 0.6 is 34.7 Å². The quantitative estimate of drug-likeness (QED) is 0.242. The number of hydrogen-bond acceptors (Lipinski definition) is 7. The summed E-state index contributed by atoms with van der Waals surface area (Å²) in [5.74, 6) is 1.74. The summed E-state index contributed by atoms with van der Waals surface area (Å²) in [6.07, 6.45) is 4.42. The third-order valence-electron chi connectivity index (χ3n) is 5.99. The van der Waals surface area contributed by atoms with Gasteiger partial charge in [-0.15, -0.1) is 21.5 Å². The zero-order valence-corrected chi connectivity index (χ0v) is 22.3. The highest BCUT2D eigenvalue weighted by atomic mass is 35.5. The number of aryl methyl sites for hydroxylation is 1. The topological polar surface area (TPSA) is 92.8 Å². The van der Waals surface area contributed by atoms with E-state index in [2.05, 4.69) is 21.6 Å². The second-order valence-electron chi connectivity index (χ2n) is 8.49. The number of aromatic nitrogens is 3. The molecule has 0 saturated carbocycles. The molecule has 0 bridgehead atoms. The van der Waals surface area contributed by atoms with Crippen molar-refractivity contribution in [2.75, 3.05) is 11.1 Å². The molecule has 5 rings (SSSR count). The van der Waals surface area contributed by atoms with E-state index in [-0.39, 0.29) is 18.9 Å². The number of halogens is 1. The Kier molecular flexibility index (Phi) is 8.09. The first-order chi connectivity index (χ1) is 18.1. The van der Waals surface area contributed by atoms with Crippen LogP contribution in [0.15, 0.2) is 59.8 Å². The molecule has 1 N–H and O–H groups in total. The van der Waals surface area contributed by atoms with Crippen molar-refractivity contribution < 1.29 is 9.53 Å². The molecule has 0 aliphatic heterocycles. The summed E-state index contributed by atoms with van der Waals surface area (Å²) in [6, 6.07) is 19.3. The van der Waals surface area contributed by atoms with Gasteiger partial charge in [0, 0.05) is 27.8 Å². The molecular weight excluding hydrogens is 526 g/mol. The Hall–Kier alpha value is -3.32. The fraction of sp³-hybridized carbons (Fsp3) is 0.259. The summed E-state index contributed by atoms with van der Waals surface area (Å²) < 4.78 is 7.85. The van der Waals surface area contributed by atoms with Gasteiger partial charge in [0.05, 0.1) is 5.56 Å². The number of para-hydroxylation sites is 1. The Labute approximate surface area is 228 Å². The fourth-order valence-electron chi connectivity index (χ4n) is 4.20. The van der Waals surface area contributed by atoms with Crippen LogP contribution in [0.2, 0.25) is 5.02 Å². The zero-order valence-electron chi connectivity index (χ0n) is 19.9. The number of anilines is 1. The van der Waals surface area contributed by atoms with Gasteiger partial charge in [-0.05, 0) is 67.6 Å². The molecule has 0 fully saturated rings. The van der Waals surface area contributed by atoms with E-state index in [1.807, 2.05) is 47.0 Å². The second-order valence-corrected chi connectivity index (χ2v) is 11.1. The first-order valence-corrected chi connectivity index (χ1v) is 14.2. The van der Waals surface area contributed by atoms with Crippen LogP contribution < -0.4 is 10.1 Å². The minimum atomic E-state index is -0.111. The summed E-state index contributed by atoms with van der Waals surface area (Å²) in [5.41, 5.74) is 2.67. The van der Waals surface area contributed by atoms with Gasteiger partial charge in [-0.1, -0.05) is 41.6 Å². The SMILES string of the molecule is N#Cc1c(NC(=O)CCSc2nnc(COc3ccc(Cl)cc3)n2-c2ccccc2)sc2c1CCCC2. The number of amides is 1. The maximum atomic E-state index is 12.7. The van der Waals surface area contributed by atoms with Gasteiger partial charge >= 0.3 is 0 Å². The molecule has 2 aromatic heterocycles. The molecule has 1 amide bonds. The molecule has 1 aliphatic rings. The van der Waals surface area contributed by atoms with E-state index in [0.717, 1.165) is 36.9 Å². The average Bonchev–Trinajstić information content (AvgIpc) is 3.49. The monoisotopic (exact) mass is 549 g/mol. The van der Waals surface area contributed by atoms with Gasteiger partial charge < -0.3 is 10.1 Å². The van der Waals surface area contributed by atoms with Crippen LogP contribution in [0.25, 0.3) is 5.69 Å². The Balaban J connectivity index is 1.25. The van der Waals surface area contributed by atoms with E-state index < -0.39 is 0 Å². The lowest BCUT2D eigenvalue weighted by Gasteiger charge is -2.11. The molecule has 0 saturated heterocycles. The smallest absolute Gasteiger partial charge is 0.225 e. The van der Waals surface area contributed by atoms with Crippen LogP contribution in [-0.4, -0.2) is 26.4 Å². The summed E-state index contributed by atoms with van der Waals surface area (Å²) >= 11 is 8.97. The lowest BCUT2D eigenvalue weighted by Crippen LogP contribution is -2.12. The Bertz CT molecular complexity index is 1430. The average molecular weight is 550 g/mol. The van der Waals surface area contributed by atoms with Gasteiger partial charge in [0.25, 0.3) is 0 Å². The van der Waals surface area contributed by atoms with E-state index in [9.17, 15) is 10.1 Å². The lowest BCUT2D eigenvalue weighted by atomic mass is 9.96. The molecule has 4 aromatic rings. The largest absolute Gasteiger partial charge is 0.486 e. The van der Waals surface area contributed by atoms with Gasteiger partial charge in [0.1, 0.15) is 23.4 Å². The van der Waals surface area contributed by atoms with Gasteiger partial charge in [-0.25, -0.2) is 0 Å². The van der Waals surface area contributed by atoms with Crippen molar-refractivity contribution in [1.29, 1.82) is 5.26 Å². The van der Waals surface area contributed by atoms with Gasteiger partial charge in [-0.2, -0.15) is 5.26 Å². The first-order valence-electron chi connectivity index (χ1n) is 12.0. The highest BCUT2D eigenvalue weighted by molar-refractivity contribution is 7.99. The van der Waals surface area contributed by atoms with Crippen molar-refractivity contribution in [2.24, 2.45) is 0 Å². The van der Waals surface area contributed by atoms with Gasteiger partial charge in [0.2, 0.25) is 5.91 Å². The van der Waals surface area contributed by atoms with Crippen molar-refractivity contribution in [3.8, 4) is 17.5 Å². The predicted molar refractivity (Wildman–Crippen MR) is 147 cm³/mol. The minimum Gasteiger partial charge on any atom is -0.486 e. The number of ether oxygens (including phenoxy) is 1. The molecule has 1 aliphatic carbocycles. The van der Waals surface area contributed by atoms with Crippen molar-refractivity contribution >= 4 is 45.6 Å². The number of nitriles is 1. The number of benzene rings is 2. The van der Waals surface area contributed by atoms with Crippen LogP contribution in [0.1, 0.15) is 41.1 Å². The Morgan fingerprint density at radius 1 is 1.14 bits per heavy atom. The van der Waals surface area contributed by atoms with E-state index >= 15 is 0 Å². The van der Waals surface area contributed by atoms with E-state index in [1.165, 1.54) is 16.6 Å². The van der Waals surface area contributed by atoms with Gasteiger partial charge in [-0.3, -0.25) is 9.36 Å². The summed E-state index contributed by atoms with van der Waals surface area (Å²) in [7, 11) is 0. The fourth-order valence-corrected chi connectivity index (χ4v) is 6.49. The highest BCUT2D eigenvalue weighted by Crippen LogP contribution is 2.37. The van der Waals surface area contributed by atoms with Crippen molar-refractivity contribution in [3.63, 3.8) is 0 Å². The third kappa shape index (κ3) is 5.99. The number of carbonyl (C=O) groups is 1. The molecule has 7 nitrogen and oxygen atoms in total. The number of carbonyl (C=O) groups excluding carboxylic acids is 1. The highest BCUT2D eigenvalue weighted by Gasteiger charge is 2.22. The minimum absolute atomic E-state index is 0.111. The standard InChI is InChI=1S/C27H24ClN5O2S2/c28-18-10-12-20(13-11-18)35-17-24-31-32-27(33(24)19-6-2-1-3-7-19)36-15-14-25(34)30-26-22(16-29)21-8-4-5-9-23(21)37-26/h1-3,6-7,10-13H,4-5,8-9,14-15,17H2,(H,30,34). The zero-order chi connectivity index (χ0) is 25.6. The number of nitrogens with zero attached hydrogens (tertiary/aromatic N) is 4. The third-order valence-corrected chi connectivity index (χ3v) is 8.38. The molecule has 2 heterocycles. The molecule has 2 aromatic carbocycles. The number of thioether (sulfide) groups is 1. The molecule has 37 heavy (non-hydrogen) atoms. The predicted octanol–water partition coefficient (Wildman–Crippen LogP) is 6.43. The van der Waals surface area contributed by atoms with E-state index in [0.29, 0.717) is 38.1 Å². The van der Waals surface area contributed by atoms with Crippen molar-refractivity contribution in [2.45, 2.75) is 43.9 Å². The molecule has 0 unspecified atom stereocenters. The lowest BCUT2D eigenvalue weighted by molar-refractivity contribution is -0.115. The number of thiophene rings is 1. The normalized spacial score (nSPS) is 12.5. The van der Waals surface area contributed by atoms with Crippen LogP contribution in [-0.2, 0) is 24.2 Å².